The summed E-state index contributed by atoms with van der Waals surface area (Å²) in [6.07, 6.45) is 12.3. The van der Waals surface area contributed by atoms with Gasteiger partial charge in [0.1, 0.15) is 12.2 Å². The number of carbonyl (C=O) groups excluding carboxylic acids is 1. The first kappa shape index (κ1) is 26.3. The number of esters is 1. The predicted molar refractivity (Wildman–Crippen MR) is 139 cm³/mol. The maximum absolute atomic E-state index is 10.8. The van der Waals surface area contributed by atoms with Gasteiger partial charge in [-0.05, 0) is 87.0 Å². The lowest BCUT2D eigenvalue weighted by Gasteiger charge is -2.55. The molecule has 1 N–H and O–H groups in total. The molecule has 3 aliphatic rings. The van der Waals surface area contributed by atoms with Gasteiger partial charge in [0.25, 0.3) is 0 Å². The molecule has 196 valence electrons. The Labute approximate surface area is 212 Å². The molecule has 35 heavy (non-hydrogen) atoms. The Hall–Kier alpha value is -1.76. The van der Waals surface area contributed by atoms with Crippen molar-refractivity contribution in [2.45, 2.75) is 104 Å². The van der Waals surface area contributed by atoms with Crippen molar-refractivity contribution in [2.24, 2.45) is 22.7 Å². The zero-order chi connectivity index (χ0) is 25.1. The summed E-state index contributed by atoms with van der Waals surface area (Å²) >= 11 is 0. The quantitative estimate of drug-likeness (QED) is 0.404. The van der Waals surface area contributed by atoms with Gasteiger partial charge < -0.3 is 15.0 Å². The summed E-state index contributed by atoms with van der Waals surface area (Å²) in [6, 6.07) is 0.536. The van der Waals surface area contributed by atoms with E-state index in [0.29, 0.717) is 29.4 Å². The lowest BCUT2D eigenvalue weighted by Crippen LogP contribution is -2.47. The fourth-order valence-corrected chi connectivity index (χ4v) is 6.90. The number of fused-ring (bicyclic) bond motifs is 1. The van der Waals surface area contributed by atoms with Crippen molar-refractivity contribution in [3.8, 4) is 0 Å². The van der Waals surface area contributed by atoms with Gasteiger partial charge in [0.05, 0.1) is 6.61 Å². The molecule has 3 atom stereocenters. The normalized spacial score (nSPS) is 28.4. The molecule has 7 heteroatoms. The van der Waals surface area contributed by atoms with E-state index < -0.39 is 0 Å². The van der Waals surface area contributed by atoms with Crippen LogP contribution in [0.1, 0.15) is 104 Å². The molecule has 7 nitrogen and oxygen atoms in total. The summed E-state index contributed by atoms with van der Waals surface area (Å²) in [5, 5.41) is 3.67. The molecule has 1 saturated heterocycles. The highest BCUT2D eigenvalue weighted by molar-refractivity contribution is 5.65. The second-order valence-electron chi connectivity index (χ2n) is 12.6. The number of piperidine rings is 1. The van der Waals surface area contributed by atoms with Crippen LogP contribution < -0.4 is 10.2 Å². The zero-order valence-corrected chi connectivity index (χ0v) is 22.7. The number of aromatic nitrogens is 3. The number of anilines is 1. The van der Waals surface area contributed by atoms with E-state index in [0.717, 1.165) is 68.9 Å². The Morgan fingerprint density at radius 2 is 1.74 bits per heavy atom. The third-order valence-corrected chi connectivity index (χ3v) is 9.30. The molecule has 0 spiro atoms. The summed E-state index contributed by atoms with van der Waals surface area (Å²) in [6.45, 7) is 14.9. The molecule has 1 aliphatic heterocycles. The number of hydrogen-bond donors (Lipinski definition) is 1. The summed E-state index contributed by atoms with van der Waals surface area (Å²) in [4.78, 5) is 27.4. The molecule has 0 bridgehead atoms. The highest BCUT2D eigenvalue weighted by Crippen LogP contribution is 2.59. The van der Waals surface area contributed by atoms with Gasteiger partial charge in [0, 0.05) is 32.0 Å². The monoisotopic (exact) mass is 485 g/mol. The van der Waals surface area contributed by atoms with Crippen LogP contribution in [-0.2, 0) is 9.53 Å². The molecule has 0 amide bonds. The van der Waals surface area contributed by atoms with Crippen LogP contribution in [-0.4, -0.2) is 53.2 Å². The van der Waals surface area contributed by atoms with E-state index >= 15 is 0 Å². The van der Waals surface area contributed by atoms with Crippen LogP contribution in [0.25, 0.3) is 0 Å². The van der Waals surface area contributed by atoms with Crippen LogP contribution >= 0.6 is 0 Å². The van der Waals surface area contributed by atoms with E-state index in [4.69, 9.17) is 9.72 Å². The van der Waals surface area contributed by atoms with Gasteiger partial charge >= 0.3 is 5.97 Å². The lowest BCUT2D eigenvalue weighted by atomic mass is 9.50. The third-order valence-electron chi connectivity index (χ3n) is 9.30. The number of unbranched alkanes of at least 4 members (excludes halogenated alkanes) is 1. The fourth-order valence-electron chi connectivity index (χ4n) is 6.90. The standard InChI is InChI=1S/C28H47N5O2/c1-20(34)35-17-7-6-14-29-22-10-15-33(16-11-22)26-31-19-30-25(32-26)21-8-9-23-24(18-21)28(4,5)13-12-27(23,2)3/h19,21-24,29H,6-18H2,1-5H3. The van der Waals surface area contributed by atoms with E-state index in [2.05, 4.69) is 47.9 Å². The minimum absolute atomic E-state index is 0.193. The lowest BCUT2D eigenvalue weighted by molar-refractivity contribution is -0.141. The minimum Gasteiger partial charge on any atom is -0.466 e. The topological polar surface area (TPSA) is 80.2 Å². The number of nitrogens with one attached hydrogen (secondary N) is 1. The van der Waals surface area contributed by atoms with Crippen molar-refractivity contribution >= 4 is 11.9 Å². The van der Waals surface area contributed by atoms with Crippen LogP contribution in [0.2, 0.25) is 0 Å². The van der Waals surface area contributed by atoms with E-state index in [9.17, 15) is 4.79 Å². The molecule has 2 saturated carbocycles. The van der Waals surface area contributed by atoms with Gasteiger partial charge in [-0.25, -0.2) is 9.97 Å². The maximum Gasteiger partial charge on any atom is 0.302 e. The molecule has 2 aliphatic carbocycles. The minimum atomic E-state index is -0.193. The molecule has 0 radical (unpaired) electrons. The summed E-state index contributed by atoms with van der Waals surface area (Å²) in [7, 11) is 0. The predicted octanol–water partition coefficient (Wildman–Crippen LogP) is 5.12. The summed E-state index contributed by atoms with van der Waals surface area (Å²) in [5.41, 5.74) is 0.861. The van der Waals surface area contributed by atoms with Crippen molar-refractivity contribution in [3.05, 3.63) is 12.2 Å². The van der Waals surface area contributed by atoms with Gasteiger partial charge in [-0.15, -0.1) is 0 Å². The largest absolute Gasteiger partial charge is 0.466 e. The molecule has 4 rings (SSSR count). The highest BCUT2D eigenvalue weighted by Gasteiger charge is 2.50. The van der Waals surface area contributed by atoms with Crippen molar-refractivity contribution in [3.63, 3.8) is 0 Å². The first-order valence-corrected chi connectivity index (χ1v) is 14.0. The number of carbonyl (C=O) groups is 1. The average molecular weight is 486 g/mol. The van der Waals surface area contributed by atoms with Crippen LogP contribution in [0.4, 0.5) is 5.95 Å². The second kappa shape index (κ2) is 11.1. The summed E-state index contributed by atoms with van der Waals surface area (Å²) in [5.74, 6) is 3.71. The van der Waals surface area contributed by atoms with Crippen LogP contribution in [0.5, 0.6) is 0 Å². The highest BCUT2D eigenvalue weighted by atomic mass is 16.5. The Morgan fingerprint density at radius 1 is 1.03 bits per heavy atom. The molecule has 2 heterocycles. The number of ether oxygens (including phenoxy) is 1. The average Bonchev–Trinajstić information content (AvgIpc) is 2.84. The Bertz CT molecular complexity index is 850. The first-order chi connectivity index (χ1) is 16.7. The van der Waals surface area contributed by atoms with Crippen molar-refractivity contribution < 1.29 is 9.53 Å². The number of rotatable bonds is 8. The van der Waals surface area contributed by atoms with Crippen LogP contribution in [0.3, 0.4) is 0 Å². The number of nitrogens with zero attached hydrogens (tertiary/aromatic N) is 4. The molecule has 3 fully saturated rings. The molecular weight excluding hydrogens is 438 g/mol. The second-order valence-corrected chi connectivity index (χ2v) is 12.6. The van der Waals surface area contributed by atoms with E-state index in [-0.39, 0.29) is 5.97 Å². The molecule has 3 unspecified atom stereocenters. The number of hydrogen-bond acceptors (Lipinski definition) is 7. The van der Waals surface area contributed by atoms with Crippen molar-refractivity contribution in [1.29, 1.82) is 0 Å². The van der Waals surface area contributed by atoms with Gasteiger partial charge in [-0.1, -0.05) is 27.7 Å². The third kappa shape index (κ3) is 6.52. The molecule has 1 aromatic heterocycles. The van der Waals surface area contributed by atoms with Crippen LogP contribution in [0.15, 0.2) is 6.33 Å². The van der Waals surface area contributed by atoms with Gasteiger partial charge in [0.15, 0.2) is 0 Å². The van der Waals surface area contributed by atoms with E-state index in [1.54, 1.807) is 6.33 Å². The smallest absolute Gasteiger partial charge is 0.302 e. The van der Waals surface area contributed by atoms with E-state index in [1.807, 2.05) is 0 Å². The molecule has 1 aromatic rings. The fraction of sp³-hybridized carbons (Fsp3) is 0.857. The Morgan fingerprint density at radius 3 is 2.46 bits per heavy atom. The van der Waals surface area contributed by atoms with Crippen molar-refractivity contribution in [1.82, 2.24) is 20.3 Å². The van der Waals surface area contributed by atoms with Gasteiger partial charge in [0.2, 0.25) is 5.95 Å². The maximum atomic E-state index is 10.8. The zero-order valence-electron chi connectivity index (χ0n) is 22.7. The van der Waals surface area contributed by atoms with Crippen molar-refractivity contribution in [2.75, 3.05) is 31.1 Å². The van der Waals surface area contributed by atoms with Crippen LogP contribution in [0, 0.1) is 22.7 Å². The molecular formula is C28H47N5O2. The Balaban J connectivity index is 1.28. The SMILES string of the molecule is CC(=O)OCCCCNC1CCN(c2ncnc(C3CCC4C(C3)C(C)(C)CCC4(C)C)n2)CC1. The Kier molecular flexibility index (Phi) is 8.34. The van der Waals surface area contributed by atoms with E-state index in [1.165, 1.54) is 39.0 Å². The summed E-state index contributed by atoms with van der Waals surface area (Å²) < 4.78 is 5.00. The van der Waals surface area contributed by atoms with Gasteiger partial charge in [-0.3, -0.25) is 4.79 Å². The first-order valence-electron chi connectivity index (χ1n) is 14.0. The van der Waals surface area contributed by atoms with Gasteiger partial charge in [-0.2, -0.15) is 4.98 Å². The molecule has 0 aromatic carbocycles.